The third-order valence-electron chi connectivity index (χ3n) is 4.37. The highest BCUT2D eigenvalue weighted by Gasteiger charge is 2.20. The summed E-state index contributed by atoms with van der Waals surface area (Å²) in [6.45, 7) is 0. The molecule has 120 valence electrons. The van der Waals surface area contributed by atoms with E-state index in [9.17, 15) is 9.18 Å². The number of amides is 1. The normalized spacial score (nSPS) is 15.4. The summed E-state index contributed by atoms with van der Waals surface area (Å²) in [5, 5.41) is 3.48. The van der Waals surface area contributed by atoms with E-state index in [0.717, 1.165) is 36.9 Å². The molecule has 0 unspecified atom stereocenters. The van der Waals surface area contributed by atoms with Gasteiger partial charge in [-0.2, -0.15) is 0 Å². The number of carbonyl (C=O) groups is 1. The maximum absolute atomic E-state index is 13.4. The van der Waals surface area contributed by atoms with Crippen molar-refractivity contribution in [2.75, 3.05) is 5.32 Å². The molecule has 1 aliphatic rings. The minimum atomic E-state index is -0.320. The van der Waals surface area contributed by atoms with Crippen molar-refractivity contribution in [3.8, 4) is 11.1 Å². The summed E-state index contributed by atoms with van der Waals surface area (Å²) < 4.78 is 13.4. The highest BCUT2D eigenvalue weighted by Crippen LogP contribution is 2.30. The summed E-state index contributed by atoms with van der Waals surface area (Å²) in [5.41, 5.74) is 2.24. The Kier molecular flexibility index (Phi) is 4.97. The first kappa shape index (κ1) is 16.0. The molecule has 1 saturated carbocycles. The molecule has 0 bridgehead atoms. The zero-order chi connectivity index (χ0) is 16.2. The Morgan fingerprint density at radius 2 is 1.74 bits per heavy atom. The maximum Gasteiger partial charge on any atom is 0.227 e. The number of hydrogen-bond acceptors (Lipinski definition) is 1. The monoisotopic (exact) mass is 331 g/mol. The van der Waals surface area contributed by atoms with Gasteiger partial charge in [-0.1, -0.05) is 43.0 Å². The van der Waals surface area contributed by atoms with E-state index in [4.69, 9.17) is 11.6 Å². The Morgan fingerprint density at radius 1 is 1.04 bits per heavy atom. The molecule has 4 heteroatoms. The Balaban J connectivity index is 1.71. The number of nitrogens with one attached hydrogen (secondary N) is 1. The Morgan fingerprint density at radius 3 is 2.43 bits per heavy atom. The average molecular weight is 332 g/mol. The molecule has 0 spiro atoms. The van der Waals surface area contributed by atoms with Gasteiger partial charge in [0, 0.05) is 22.2 Å². The highest BCUT2D eigenvalue weighted by molar-refractivity contribution is 6.33. The summed E-state index contributed by atoms with van der Waals surface area (Å²) >= 11 is 6.12. The number of rotatable bonds is 3. The average Bonchev–Trinajstić information content (AvgIpc) is 2.58. The fraction of sp³-hybridized carbons (Fsp3) is 0.316. The van der Waals surface area contributed by atoms with Crippen LogP contribution in [0.3, 0.4) is 0 Å². The SMILES string of the molecule is O=C(Nc1ccc(-c2cc(F)ccc2Cl)cc1)C1CCCCC1. The van der Waals surface area contributed by atoms with E-state index in [1.54, 1.807) is 6.07 Å². The van der Waals surface area contributed by atoms with Crippen molar-refractivity contribution in [1.29, 1.82) is 0 Å². The zero-order valence-corrected chi connectivity index (χ0v) is 13.6. The minimum absolute atomic E-state index is 0.0984. The van der Waals surface area contributed by atoms with Gasteiger partial charge in [0.1, 0.15) is 5.82 Å². The lowest BCUT2D eigenvalue weighted by Gasteiger charge is -2.20. The largest absolute Gasteiger partial charge is 0.326 e. The van der Waals surface area contributed by atoms with E-state index in [1.807, 2.05) is 24.3 Å². The number of halogens is 2. The van der Waals surface area contributed by atoms with Gasteiger partial charge in [-0.25, -0.2) is 4.39 Å². The van der Waals surface area contributed by atoms with Crippen molar-refractivity contribution in [2.45, 2.75) is 32.1 Å². The van der Waals surface area contributed by atoms with Crippen LogP contribution in [0.5, 0.6) is 0 Å². The van der Waals surface area contributed by atoms with Crippen LogP contribution < -0.4 is 5.32 Å². The van der Waals surface area contributed by atoms with Crippen LogP contribution in [0, 0.1) is 11.7 Å². The van der Waals surface area contributed by atoms with Gasteiger partial charge in [-0.15, -0.1) is 0 Å². The van der Waals surface area contributed by atoms with Crippen molar-refractivity contribution >= 4 is 23.2 Å². The third kappa shape index (κ3) is 3.91. The van der Waals surface area contributed by atoms with Crippen molar-refractivity contribution in [2.24, 2.45) is 5.92 Å². The van der Waals surface area contributed by atoms with Crippen molar-refractivity contribution in [3.05, 3.63) is 53.3 Å². The fourth-order valence-electron chi connectivity index (χ4n) is 3.06. The molecule has 1 N–H and O–H groups in total. The molecular formula is C19H19ClFNO. The first-order chi connectivity index (χ1) is 11.1. The second kappa shape index (κ2) is 7.14. The van der Waals surface area contributed by atoms with E-state index in [0.29, 0.717) is 10.6 Å². The van der Waals surface area contributed by atoms with Gasteiger partial charge >= 0.3 is 0 Å². The lowest BCUT2D eigenvalue weighted by Crippen LogP contribution is -2.24. The van der Waals surface area contributed by atoms with E-state index >= 15 is 0 Å². The maximum atomic E-state index is 13.4. The lowest BCUT2D eigenvalue weighted by molar-refractivity contribution is -0.120. The first-order valence-corrected chi connectivity index (χ1v) is 8.37. The molecule has 2 aromatic carbocycles. The van der Waals surface area contributed by atoms with E-state index in [1.165, 1.54) is 18.6 Å². The predicted molar refractivity (Wildman–Crippen MR) is 92.1 cm³/mol. The molecule has 0 aromatic heterocycles. The fourth-order valence-corrected chi connectivity index (χ4v) is 3.29. The van der Waals surface area contributed by atoms with Crippen LogP contribution in [0.4, 0.5) is 10.1 Å². The van der Waals surface area contributed by atoms with Gasteiger partial charge in [0.15, 0.2) is 0 Å². The van der Waals surface area contributed by atoms with Crippen LogP contribution in [0.25, 0.3) is 11.1 Å². The second-order valence-corrected chi connectivity index (χ2v) is 6.43. The molecule has 1 aliphatic carbocycles. The van der Waals surface area contributed by atoms with Crippen LogP contribution >= 0.6 is 11.6 Å². The van der Waals surface area contributed by atoms with Crippen LogP contribution in [-0.4, -0.2) is 5.91 Å². The van der Waals surface area contributed by atoms with Crippen LogP contribution in [0.15, 0.2) is 42.5 Å². The summed E-state index contributed by atoms with van der Waals surface area (Å²) in [5.74, 6) is -0.0959. The van der Waals surface area contributed by atoms with Gasteiger partial charge in [-0.05, 0) is 48.7 Å². The van der Waals surface area contributed by atoms with Crippen LogP contribution in [-0.2, 0) is 4.79 Å². The molecule has 0 heterocycles. The van der Waals surface area contributed by atoms with Crippen molar-refractivity contribution < 1.29 is 9.18 Å². The molecule has 0 saturated heterocycles. The summed E-state index contributed by atoms with van der Waals surface area (Å²) in [4.78, 5) is 12.2. The number of benzene rings is 2. The quantitative estimate of drug-likeness (QED) is 0.772. The van der Waals surface area contributed by atoms with Crippen molar-refractivity contribution in [1.82, 2.24) is 0 Å². The minimum Gasteiger partial charge on any atom is -0.326 e. The van der Waals surface area contributed by atoms with Gasteiger partial charge in [0.05, 0.1) is 0 Å². The number of anilines is 1. The van der Waals surface area contributed by atoms with Gasteiger partial charge in [0.25, 0.3) is 0 Å². The molecular weight excluding hydrogens is 313 g/mol. The Bertz CT molecular complexity index is 693. The van der Waals surface area contributed by atoms with Gasteiger partial charge in [-0.3, -0.25) is 4.79 Å². The molecule has 23 heavy (non-hydrogen) atoms. The molecule has 3 rings (SSSR count). The summed E-state index contributed by atoms with van der Waals surface area (Å²) in [6.07, 6.45) is 5.45. The predicted octanol–water partition coefficient (Wildman–Crippen LogP) is 5.66. The lowest BCUT2D eigenvalue weighted by atomic mass is 9.88. The van der Waals surface area contributed by atoms with Gasteiger partial charge < -0.3 is 5.32 Å². The number of hydrogen-bond donors (Lipinski definition) is 1. The van der Waals surface area contributed by atoms with E-state index in [-0.39, 0.29) is 17.6 Å². The highest BCUT2D eigenvalue weighted by atomic mass is 35.5. The Labute approximate surface area is 140 Å². The van der Waals surface area contributed by atoms with Crippen LogP contribution in [0.2, 0.25) is 5.02 Å². The Hall–Kier alpha value is -1.87. The standard InChI is InChI=1S/C19H19ClFNO/c20-18-11-8-15(21)12-17(18)13-6-9-16(10-7-13)22-19(23)14-4-2-1-3-5-14/h6-12,14H,1-5H2,(H,22,23). The molecule has 1 amide bonds. The van der Waals surface area contributed by atoms with Gasteiger partial charge in [0.2, 0.25) is 5.91 Å². The first-order valence-electron chi connectivity index (χ1n) is 8.00. The van der Waals surface area contributed by atoms with E-state index in [2.05, 4.69) is 5.32 Å². The smallest absolute Gasteiger partial charge is 0.227 e. The molecule has 2 aromatic rings. The molecule has 0 radical (unpaired) electrons. The molecule has 2 nitrogen and oxygen atoms in total. The zero-order valence-electron chi connectivity index (χ0n) is 12.8. The number of carbonyl (C=O) groups excluding carboxylic acids is 1. The van der Waals surface area contributed by atoms with E-state index < -0.39 is 0 Å². The molecule has 0 atom stereocenters. The van der Waals surface area contributed by atoms with Crippen LogP contribution in [0.1, 0.15) is 32.1 Å². The summed E-state index contributed by atoms with van der Waals surface area (Å²) in [7, 11) is 0. The molecule has 1 fully saturated rings. The van der Waals surface area contributed by atoms with Crippen molar-refractivity contribution in [3.63, 3.8) is 0 Å². The topological polar surface area (TPSA) is 29.1 Å². The third-order valence-corrected chi connectivity index (χ3v) is 4.70. The molecule has 0 aliphatic heterocycles. The second-order valence-electron chi connectivity index (χ2n) is 6.03. The summed E-state index contributed by atoms with van der Waals surface area (Å²) in [6, 6.07) is 11.6.